The minimum atomic E-state index is -0.760. The van der Waals surface area contributed by atoms with E-state index in [9.17, 15) is 5.26 Å². The third-order valence-corrected chi connectivity index (χ3v) is 4.27. The Hall–Kier alpha value is -1.09. The van der Waals surface area contributed by atoms with Gasteiger partial charge in [-0.15, -0.1) is 0 Å². The van der Waals surface area contributed by atoms with Crippen LogP contribution in [0, 0.1) is 14.9 Å². The zero-order valence-corrected chi connectivity index (χ0v) is 13.9. The fourth-order valence-electron chi connectivity index (χ4n) is 2.23. The first-order valence-electron chi connectivity index (χ1n) is 6.06. The molecule has 0 bridgehead atoms. The molecule has 0 aromatic heterocycles. The number of methoxy groups -OCH3 is 1. The smallest absolute Gasteiger partial charge is 0.131 e. The summed E-state index contributed by atoms with van der Waals surface area (Å²) in [5, 5.41) is 9.87. The lowest BCUT2D eigenvalue weighted by Gasteiger charge is -2.31. The Labute approximate surface area is 137 Å². The summed E-state index contributed by atoms with van der Waals surface area (Å²) in [6.45, 7) is 0. The molecule has 1 atom stereocenters. The number of nitrogens with zero attached hydrogens (tertiary/aromatic N) is 1. The maximum atomic E-state index is 9.21. The van der Waals surface area contributed by atoms with E-state index in [2.05, 4.69) is 28.7 Å². The van der Waals surface area contributed by atoms with E-state index < -0.39 is 5.60 Å². The second-order valence-corrected chi connectivity index (χ2v) is 6.06. The van der Waals surface area contributed by atoms with Gasteiger partial charge in [-0.1, -0.05) is 35.9 Å². The van der Waals surface area contributed by atoms with Gasteiger partial charge in [0.15, 0.2) is 0 Å². The van der Waals surface area contributed by atoms with Crippen LogP contribution in [0.2, 0.25) is 5.02 Å². The standard InChI is InChI=1S/C16H13ClINO/c1-20-16(10-11-19,12-2-6-14(17)7-3-12)13-4-8-15(18)9-5-13/h2-9H,10H2,1H3. The highest BCUT2D eigenvalue weighted by Crippen LogP contribution is 2.37. The number of halogens is 2. The van der Waals surface area contributed by atoms with Crippen molar-refractivity contribution in [3.05, 3.63) is 68.3 Å². The number of benzene rings is 2. The van der Waals surface area contributed by atoms with Crippen molar-refractivity contribution in [3.8, 4) is 6.07 Å². The van der Waals surface area contributed by atoms with Crippen LogP contribution in [-0.4, -0.2) is 7.11 Å². The summed E-state index contributed by atoms with van der Waals surface area (Å²) >= 11 is 8.20. The van der Waals surface area contributed by atoms with E-state index >= 15 is 0 Å². The Bertz CT molecular complexity index is 571. The number of hydrogen-bond donors (Lipinski definition) is 0. The molecule has 4 heteroatoms. The summed E-state index contributed by atoms with van der Waals surface area (Å²) in [4.78, 5) is 0. The summed E-state index contributed by atoms with van der Waals surface area (Å²) in [5.74, 6) is 0. The van der Waals surface area contributed by atoms with E-state index in [0.29, 0.717) is 5.02 Å². The predicted octanol–water partition coefficient (Wildman–Crippen LogP) is 4.75. The molecule has 20 heavy (non-hydrogen) atoms. The zero-order valence-electron chi connectivity index (χ0n) is 10.9. The molecule has 0 spiro atoms. The third kappa shape index (κ3) is 2.98. The van der Waals surface area contributed by atoms with Gasteiger partial charge in [-0.3, -0.25) is 0 Å². The molecule has 2 aromatic rings. The lowest BCUT2D eigenvalue weighted by molar-refractivity contribution is 0.0260. The molecular weight excluding hydrogens is 385 g/mol. The van der Waals surface area contributed by atoms with Gasteiger partial charge in [0.1, 0.15) is 5.60 Å². The molecule has 2 aromatic carbocycles. The predicted molar refractivity (Wildman–Crippen MR) is 88.6 cm³/mol. The fourth-order valence-corrected chi connectivity index (χ4v) is 2.71. The van der Waals surface area contributed by atoms with Crippen molar-refractivity contribution in [3.63, 3.8) is 0 Å². The highest BCUT2D eigenvalue weighted by Gasteiger charge is 2.34. The Morgan fingerprint density at radius 2 is 1.60 bits per heavy atom. The van der Waals surface area contributed by atoms with Crippen molar-refractivity contribution < 1.29 is 4.74 Å². The van der Waals surface area contributed by atoms with Crippen molar-refractivity contribution in [2.45, 2.75) is 12.0 Å². The van der Waals surface area contributed by atoms with E-state index in [4.69, 9.17) is 16.3 Å². The fraction of sp³-hybridized carbons (Fsp3) is 0.188. The monoisotopic (exact) mass is 397 g/mol. The van der Waals surface area contributed by atoms with E-state index in [1.807, 2.05) is 48.5 Å². The van der Waals surface area contributed by atoms with Gasteiger partial charge in [0.05, 0.1) is 12.5 Å². The van der Waals surface area contributed by atoms with Crippen LogP contribution in [0.1, 0.15) is 17.5 Å². The van der Waals surface area contributed by atoms with Crippen molar-refractivity contribution in [2.24, 2.45) is 0 Å². The number of rotatable bonds is 4. The summed E-state index contributed by atoms with van der Waals surface area (Å²) in [7, 11) is 1.63. The number of nitriles is 1. The normalized spacial score (nSPS) is 13.5. The highest BCUT2D eigenvalue weighted by molar-refractivity contribution is 14.1. The minimum Gasteiger partial charge on any atom is -0.368 e. The first-order chi connectivity index (χ1) is 9.62. The molecule has 2 rings (SSSR count). The molecule has 0 aliphatic carbocycles. The van der Waals surface area contributed by atoms with E-state index in [1.54, 1.807) is 7.11 Å². The number of hydrogen-bond acceptors (Lipinski definition) is 2. The molecular formula is C16H13ClINO. The molecule has 0 aliphatic rings. The molecule has 0 radical (unpaired) electrons. The van der Waals surface area contributed by atoms with Crippen LogP contribution in [0.3, 0.4) is 0 Å². The molecule has 0 N–H and O–H groups in total. The van der Waals surface area contributed by atoms with Gasteiger partial charge in [0, 0.05) is 15.7 Å². The van der Waals surface area contributed by atoms with E-state index in [1.165, 1.54) is 0 Å². The maximum absolute atomic E-state index is 9.21. The van der Waals surface area contributed by atoms with Gasteiger partial charge in [0.25, 0.3) is 0 Å². The number of ether oxygens (including phenoxy) is 1. The summed E-state index contributed by atoms with van der Waals surface area (Å²) < 4.78 is 6.91. The lowest BCUT2D eigenvalue weighted by Crippen LogP contribution is -2.29. The molecule has 0 amide bonds. The van der Waals surface area contributed by atoms with Crippen molar-refractivity contribution >= 4 is 34.2 Å². The lowest BCUT2D eigenvalue weighted by atomic mass is 9.84. The zero-order chi connectivity index (χ0) is 14.6. The van der Waals surface area contributed by atoms with E-state index in [-0.39, 0.29) is 6.42 Å². The maximum Gasteiger partial charge on any atom is 0.131 e. The van der Waals surface area contributed by atoms with Gasteiger partial charge >= 0.3 is 0 Å². The largest absolute Gasteiger partial charge is 0.368 e. The van der Waals surface area contributed by atoms with Crippen molar-refractivity contribution in [1.82, 2.24) is 0 Å². The second kappa shape index (κ2) is 6.57. The van der Waals surface area contributed by atoms with Crippen molar-refractivity contribution in [2.75, 3.05) is 7.11 Å². The molecule has 0 heterocycles. The second-order valence-electron chi connectivity index (χ2n) is 4.38. The quantitative estimate of drug-likeness (QED) is 0.698. The van der Waals surface area contributed by atoms with Gasteiger partial charge in [-0.25, -0.2) is 0 Å². The van der Waals surface area contributed by atoms with Crippen LogP contribution in [0.15, 0.2) is 48.5 Å². The molecule has 2 nitrogen and oxygen atoms in total. The van der Waals surface area contributed by atoms with Crippen LogP contribution in [0.5, 0.6) is 0 Å². The Balaban J connectivity index is 2.58. The summed E-state index contributed by atoms with van der Waals surface area (Å²) in [5.41, 5.74) is 1.13. The molecule has 102 valence electrons. The topological polar surface area (TPSA) is 33.0 Å². The van der Waals surface area contributed by atoms with Crippen molar-refractivity contribution in [1.29, 1.82) is 5.26 Å². The van der Waals surface area contributed by atoms with Gasteiger partial charge in [-0.05, 0) is 58.0 Å². The van der Waals surface area contributed by atoms with Gasteiger partial charge in [0.2, 0.25) is 0 Å². The Morgan fingerprint density at radius 3 is 2.05 bits per heavy atom. The van der Waals surface area contributed by atoms with Crippen LogP contribution < -0.4 is 0 Å². The highest BCUT2D eigenvalue weighted by atomic mass is 127. The minimum absolute atomic E-state index is 0.242. The van der Waals surface area contributed by atoms with Gasteiger partial charge in [-0.2, -0.15) is 5.26 Å². The molecule has 0 aliphatic heterocycles. The first-order valence-corrected chi connectivity index (χ1v) is 7.52. The first kappa shape index (κ1) is 15.3. The Morgan fingerprint density at radius 1 is 1.10 bits per heavy atom. The van der Waals surface area contributed by atoms with Crippen LogP contribution in [0.4, 0.5) is 0 Å². The van der Waals surface area contributed by atoms with E-state index in [0.717, 1.165) is 14.7 Å². The average Bonchev–Trinajstić information content (AvgIpc) is 2.47. The summed E-state index contributed by atoms with van der Waals surface area (Å²) in [6, 6.07) is 17.7. The van der Waals surface area contributed by atoms with Crippen LogP contribution in [0.25, 0.3) is 0 Å². The Kier molecular flexibility index (Phi) is 5.03. The van der Waals surface area contributed by atoms with Crippen LogP contribution >= 0.6 is 34.2 Å². The summed E-state index contributed by atoms with van der Waals surface area (Å²) in [6.07, 6.45) is 0.242. The molecule has 0 saturated heterocycles. The molecule has 0 fully saturated rings. The third-order valence-electron chi connectivity index (χ3n) is 3.30. The van der Waals surface area contributed by atoms with Gasteiger partial charge < -0.3 is 4.74 Å². The SMILES string of the molecule is COC(CC#N)(c1ccc(Cl)cc1)c1ccc(I)cc1. The molecule has 0 saturated carbocycles. The molecule has 1 unspecified atom stereocenters. The average molecular weight is 398 g/mol. The van der Waals surface area contributed by atoms with Crippen LogP contribution in [-0.2, 0) is 10.3 Å².